The van der Waals surface area contributed by atoms with Crippen molar-refractivity contribution in [1.82, 2.24) is 0 Å². The monoisotopic (exact) mass is 236 g/mol. The number of hydrogen-bond donors (Lipinski definition) is 2. The van der Waals surface area contributed by atoms with Crippen LogP contribution >= 0.6 is 0 Å². The molecule has 17 heavy (non-hydrogen) atoms. The molecule has 0 atom stereocenters. The summed E-state index contributed by atoms with van der Waals surface area (Å²) < 4.78 is 5.23. The van der Waals surface area contributed by atoms with Gasteiger partial charge in [0.1, 0.15) is 5.75 Å². The molecular weight excluding hydrogens is 216 g/mol. The molecule has 0 saturated carbocycles. The Hall–Kier alpha value is -1.71. The highest BCUT2D eigenvalue weighted by Crippen LogP contribution is 2.19. The zero-order chi connectivity index (χ0) is 12.9. The first-order valence-corrected chi connectivity index (χ1v) is 5.62. The Morgan fingerprint density at radius 3 is 2.71 bits per heavy atom. The number of carbonyl (C=O) groups excluding carboxylic acids is 1. The van der Waals surface area contributed by atoms with E-state index in [1.807, 2.05) is 18.2 Å². The second kappa shape index (κ2) is 5.57. The predicted molar refractivity (Wildman–Crippen MR) is 69.1 cm³/mol. The van der Waals surface area contributed by atoms with Crippen LogP contribution in [0.1, 0.15) is 20.8 Å². The lowest BCUT2D eigenvalue weighted by atomic mass is 9.97. The molecule has 4 nitrogen and oxygen atoms in total. The van der Waals surface area contributed by atoms with Gasteiger partial charge in [0.05, 0.1) is 0 Å². The van der Waals surface area contributed by atoms with Crippen LogP contribution in [-0.2, 0) is 4.79 Å². The minimum absolute atomic E-state index is 0.0945. The number of benzene rings is 1. The average Bonchev–Trinajstić information content (AvgIpc) is 2.23. The number of nitrogens with one attached hydrogen (secondary N) is 1. The molecule has 4 heteroatoms. The van der Waals surface area contributed by atoms with Gasteiger partial charge in [0.2, 0.25) is 0 Å². The molecule has 0 aromatic heterocycles. The Balaban J connectivity index is 2.56. The van der Waals surface area contributed by atoms with Gasteiger partial charge in [-0.3, -0.25) is 4.79 Å². The number of nitrogens with two attached hydrogens (primary N) is 1. The molecule has 0 unspecified atom stereocenters. The standard InChI is InChI=1S/C13H20N2O2/c1-13(2,3)9-15-10-5-4-6-11(7-10)17-8-12(14)16/h4-7,15H,8-9H2,1-3H3,(H2,14,16). The van der Waals surface area contributed by atoms with E-state index in [-0.39, 0.29) is 12.0 Å². The third-order valence-electron chi connectivity index (χ3n) is 2.04. The van der Waals surface area contributed by atoms with Crippen LogP contribution < -0.4 is 15.8 Å². The smallest absolute Gasteiger partial charge is 0.255 e. The molecule has 3 N–H and O–H groups in total. The lowest BCUT2D eigenvalue weighted by Gasteiger charge is -2.19. The molecule has 94 valence electrons. The third kappa shape index (κ3) is 5.80. The van der Waals surface area contributed by atoms with E-state index in [1.165, 1.54) is 0 Å². The van der Waals surface area contributed by atoms with Crippen LogP contribution in [0.4, 0.5) is 5.69 Å². The lowest BCUT2D eigenvalue weighted by Crippen LogP contribution is -2.20. The Bertz CT molecular complexity index is 383. The van der Waals surface area contributed by atoms with Crippen molar-refractivity contribution in [3.63, 3.8) is 0 Å². The number of ether oxygens (including phenoxy) is 1. The van der Waals surface area contributed by atoms with E-state index in [0.29, 0.717) is 5.75 Å². The van der Waals surface area contributed by atoms with E-state index in [4.69, 9.17) is 10.5 Å². The maximum absolute atomic E-state index is 10.6. The van der Waals surface area contributed by atoms with Gasteiger partial charge in [0, 0.05) is 18.3 Å². The van der Waals surface area contributed by atoms with Crippen molar-refractivity contribution in [2.24, 2.45) is 11.1 Å². The van der Waals surface area contributed by atoms with Gasteiger partial charge in [-0.25, -0.2) is 0 Å². The molecule has 1 aromatic rings. The SMILES string of the molecule is CC(C)(C)CNc1cccc(OCC(N)=O)c1. The highest BCUT2D eigenvalue weighted by atomic mass is 16.5. The minimum Gasteiger partial charge on any atom is -0.484 e. The molecule has 0 heterocycles. The fourth-order valence-electron chi connectivity index (χ4n) is 1.22. The maximum atomic E-state index is 10.6. The molecule has 0 aliphatic rings. The minimum atomic E-state index is -0.474. The van der Waals surface area contributed by atoms with Gasteiger partial charge in [-0.15, -0.1) is 0 Å². The Morgan fingerprint density at radius 1 is 1.41 bits per heavy atom. The highest BCUT2D eigenvalue weighted by Gasteiger charge is 2.09. The molecule has 0 fully saturated rings. The van der Waals surface area contributed by atoms with Gasteiger partial charge in [0.25, 0.3) is 5.91 Å². The van der Waals surface area contributed by atoms with Gasteiger partial charge in [0.15, 0.2) is 6.61 Å². The number of carbonyl (C=O) groups is 1. The van der Waals surface area contributed by atoms with Gasteiger partial charge in [-0.1, -0.05) is 26.8 Å². The van der Waals surface area contributed by atoms with Crippen LogP contribution in [0, 0.1) is 5.41 Å². The summed E-state index contributed by atoms with van der Waals surface area (Å²) in [6, 6.07) is 7.49. The second-order valence-corrected chi connectivity index (χ2v) is 5.20. The molecule has 0 aliphatic carbocycles. The first kappa shape index (κ1) is 13.4. The fraction of sp³-hybridized carbons (Fsp3) is 0.462. The molecule has 0 radical (unpaired) electrons. The second-order valence-electron chi connectivity index (χ2n) is 5.20. The summed E-state index contributed by atoms with van der Waals surface area (Å²) in [5, 5.41) is 3.32. The first-order valence-electron chi connectivity index (χ1n) is 5.62. The van der Waals surface area contributed by atoms with Crippen molar-refractivity contribution in [1.29, 1.82) is 0 Å². The molecule has 0 spiro atoms. The highest BCUT2D eigenvalue weighted by molar-refractivity contribution is 5.75. The molecule has 1 aromatic carbocycles. The van der Waals surface area contributed by atoms with E-state index in [2.05, 4.69) is 26.1 Å². The van der Waals surface area contributed by atoms with Crippen LogP contribution in [0.2, 0.25) is 0 Å². The summed E-state index contributed by atoms with van der Waals surface area (Å²) in [7, 11) is 0. The number of hydrogen-bond acceptors (Lipinski definition) is 3. The summed E-state index contributed by atoms with van der Waals surface area (Å²) in [5.74, 6) is 0.167. The van der Waals surface area contributed by atoms with Crippen molar-refractivity contribution in [3.05, 3.63) is 24.3 Å². The van der Waals surface area contributed by atoms with Crippen molar-refractivity contribution >= 4 is 11.6 Å². The molecule has 0 aliphatic heterocycles. The Kier molecular flexibility index (Phi) is 4.37. The van der Waals surface area contributed by atoms with Crippen LogP contribution in [0.3, 0.4) is 0 Å². The summed E-state index contributed by atoms with van der Waals surface area (Å²) in [6.45, 7) is 7.25. The van der Waals surface area contributed by atoms with Crippen molar-refractivity contribution in [2.75, 3.05) is 18.5 Å². The molecular formula is C13H20N2O2. The predicted octanol–water partition coefficient (Wildman–Crippen LogP) is 2.01. The van der Waals surface area contributed by atoms with E-state index in [1.54, 1.807) is 6.07 Å². The Labute approximate surface area is 102 Å². The third-order valence-corrected chi connectivity index (χ3v) is 2.04. The number of amides is 1. The summed E-state index contributed by atoms with van der Waals surface area (Å²) in [4.78, 5) is 10.6. The molecule has 1 amide bonds. The normalized spacial score (nSPS) is 11.0. The van der Waals surface area contributed by atoms with E-state index >= 15 is 0 Å². The van der Waals surface area contributed by atoms with Gasteiger partial charge >= 0.3 is 0 Å². The lowest BCUT2D eigenvalue weighted by molar-refractivity contribution is -0.119. The fourth-order valence-corrected chi connectivity index (χ4v) is 1.22. The molecule has 0 saturated heterocycles. The van der Waals surface area contributed by atoms with Crippen LogP contribution in [-0.4, -0.2) is 19.1 Å². The summed E-state index contributed by atoms with van der Waals surface area (Å²) >= 11 is 0. The van der Waals surface area contributed by atoms with Crippen LogP contribution in [0.25, 0.3) is 0 Å². The quantitative estimate of drug-likeness (QED) is 0.822. The number of primary amides is 1. The largest absolute Gasteiger partial charge is 0.484 e. The van der Waals surface area contributed by atoms with Crippen LogP contribution in [0.15, 0.2) is 24.3 Å². The van der Waals surface area contributed by atoms with Crippen molar-refractivity contribution in [2.45, 2.75) is 20.8 Å². The van der Waals surface area contributed by atoms with E-state index < -0.39 is 5.91 Å². The number of anilines is 1. The van der Waals surface area contributed by atoms with E-state index in [0.717, 1.165) is 12.2 Å². The van der Waals surface area contributed by atoms with Crippen molar-refractivity contribution < 1.29 is 9.53 Å². The zero-order valence-corrected chi connectivity index (χ0v) is 10.6. The average molecular weight is 236 g/mol. The summed E-state index contributed by atoms with van der Waals surface area (Å²) in [6.07, 6.45) is 0. The van der Waals surface area contributed by atoms with Crippen molar-refractivity contribution in [3.8, 4) is 5.75 Å². The van der Waals surface area contributed by atoms with E-state index in [9.17, 15) is 4.79 Å². The Morgan fingerprint density at radius 2 is 2.12 bits per heavy atom. The zero-order valence-electron chi connectivity index (χ0n) is 10.6. The van der Waals surface area contributed by atoms with Gasteiger partial charge in [-0.2, -0.15) is 0 Å². The maximum Gasteiger partial charge on any atom is 0.255 e. The van der Waals surface area contributed by atoms with Crippen LogP contribution in [0.5, 0.6) is 5.75 Å². The first-order chi connectivity index (χ1) is 7.87. The summed E-state index contributed by atoms with van der Waals surface area (Å²) in [5.41, 5.74) is 6.20. The van der Waals surface area contributed by atoms with Gasteiger partial charge in [-0.05, 0) is 17.5 Å². The molecule has 0 bridgehead atoms. The number of rotatable bonds is 5. The molecule has 1 rings (SSSR count). The van der Waals surface area contributed by atoms with Gasteiger partial charge < -0.3 is 15.8 Å². The topological polar surface area (TPSA) is 64.3 Å².